The van der Waals surface area contributed by atoms with E-state index >= 15 is 0 Å². The maximum atomic E-state index is 12.7. The van der Waals surface area contributed by atoms with Crippen molar-refractivity contribution in [2.24, 2.45) is 0 Å². The number of nitrogens with zero attached hydrogens (tertiary/aromatic N) is 2. The molecule has 23 heavy (non-hydrogen) atoms. The van der Waals surface area contributed by atoms with Crippen molar-refractivity contribution in [3.05, 3.63) is 56.3 Å². The molecule has 122 valence electrons. The van der Waals surface area contributed by atoms with E-state index in [1.54, 1.807) is 24.5 Å². The number of benzene rings is 1. The van der Waals surface area contributed by atoms with Crippen LogP contribution in [0.1, 0.15) is 22.8 Å². The molecular formula is C16H18N2O4S. The lowest BCUT2D eigenvalue weighted by atomic mass is 10.1. The zero-order chi connectivity index (χ0) is 17.0. The van der Waals surface area contributed by atoms with Crippen LogP contribution in [0.15, 0.2) is 35.0 Å². The summed E-state index contributed by atoms with van der Waals surface area (Å²) < 4.78 is 5.01. The van der Waals surface area contributed by atoms with E-state index in [1.807, 2.05) is 23.8 Å². The normalized spacial score (nSPS) is 11.8. The number of carbonyl (C=O) groups is 1. The molecule has 1 aromatic carbocycles. The molecule has 2 aromatic rings. The van der Waals surface area contributed by atoms with Crippen LogP contribution in [0.3, 0.4) is 0 Å². The summed E-state index contributed by atoms with van der Waals surface area (Å²) >= 11 is 1.60. The highest BCUT2D eigenvalue weighted by Gasteiger charge is 2.28. The Morgan fingerprint density at radius 3 is 2.74 bits per heavy atom. The Morgan fingerprint density at radius 1 is 1.43 bits per heavy atom. The Morgan fingerprint density at radius 2 is 2.17 bits per heavy atom. The first-order valence-corrected chi connectivity index (χ1v) is 7.99. The van der Waals surface area contributed by atoms with Gasteiger partial charge >= 0.3 is 5.69 Å². The molecule has 0 aliphatic heterocycles. The number of methoxy groups -OCH3 is 1. The number of thiophene rings is 1. The summed E-state index contributed by atoms with van der Waals surface area (Å²) in [4.78, 5) is 24.9. The van der Waals surface area contributed by atoms with Gasteiger partial charge in [0.25, 0.3) is 5.91 Å². The maximum absolute atomic E-state index is 12.7. The van der Waals surface area contributed by atoms with E-state index in [0.29, 0.717) is 6.42 Å². The van der Waals surface area contributed by atoms with Crippen LogP contribution in [0, 0.1) is 10.1 Å². The second kappa shape index (κ2) is 7.23. The quantitative estimate of drug-likeness (QED) is 0.600. The van der Waals surface area contributed by atoms with E-state index in [-0.39, 0.29) is 23.0 Å². The van der Waals surface area contributed by atoms with Gasteiger partial charge in [0.05, 0.1) is 12.0 Å². The Balaban J connectivity index is 2.27. The van der Waals surface area contributed by atoms with Crippen molar-refractivity contribution in [1.82, 2.24) is 4.90 Å². The second-order valence-electron chi connectivity index (χ2n) is 5.21. The fourth-order valence-corrected chi connectivity index (χ4v) is 3.01. The number of ether oxygens (including phenoxy) is 1. The van der Waals surface area contributed by atoms with Crippen molar-refractivity contribution < 1.29 is 14.5 Å². The summed E-state index contributed by atoms with van der Waals surface area (Å²) in [5.74, 6) is -0.307. The molecule has 0 aliphatic carbocycles. The van der Waals surface area contributed by atoms with Gasteiger partial charge in [-0.15, -0.1) is 0 Å². The van der Waals surface area contributed by atoms with Gasteiger partial charge in [-0.25, -0.2) is 0 Å². The van der Waals surface area contributed by atoms with E-state index in [9.17, 15) is 14.9 Å². The molecule has 6 nitrogen and oxygen atoms in total. The van der Waals surface area contributed by atoms with Crippen LogP contribution in [0.25, 0.3) is 0 Å². The van der Waals surface area contributed by atoms with Gasteiger partial charge in [0.15, 0.2) is 5.75 Å². The van der Waals surface area contributed by atoms with Crippen molar-refractivity contribution in [2.75, 3.05) is 14.2 Å². The summed E-state index contributed by atoms with van der Waals surface area (Å²) in [6, 6.07) is 6.44. The average molecular weight is 334 g/mol. The molecule has 0 bridgehead atoms. The van der Waals surface area contributed by atoms with Crippen LogP contribution in [0.5, 0.6) is 5.75 Å². The second-order valence-corrected chi connectivity index (χ2v) is 5.99. The number of rotatable bonds is 6. The van der Waals surface area contributed by atoms with Crippen LogP contribution >= 0.6 is 11.3 Å². The molecule has 0 radical (unpaired) electrons. The van der Waals surface area contributed by atoms with Crippen LogP contribution < -0.4 is 4.74 Å². The summed E-state index contributed by atoms with van der Waals surface area (Å²) in [5.41, 5.74) is 0.880. The third-order valence-electron chi connectivity index (χ3n) is 3.72. The smallest absolute Gasteiger partial charge is 0.323 e. The minimum absolute atomic E-state index is 0.0361. The first kappa shape index (κ1) is 17.0. The predicted octanol–water partition coefficient (Wildman–Crippen LogP) is 3.37. The van der Waals surface area contributed by atoms with Crippen LogP contribution in [-0.4, -0.2) is 35.9 Å². The Kier molecular flexibility index (Phi) is 5.33. The van der Waals surface area contributed by atoms with Crippen molar-refractivity contribution in [1.29, 1.82) is 0 Å². The molecule has 0 N–H and O–H groups in total. The monoisotopic (exact) mass is 334 g/mol. The number of hydrogen-bond donors (Lipinski definition) is 0. The Labute approximate surface area is 138 Å². The number of carbonyl (C=O) groups excluding carboxylic acids is 1. The number of nitro benzene ring substituents is 1. The minimum atomic E-state index is -0.580. The number of nitro groups is 1. The van der Waals surface area contributed by atoms with Gasteiger partial charge in [-0.1, -0.05) is 6.07 Å². The highest BCUT2D eigenvalue weighted by Crippen LogP contribution is 2.31. The van der Waals surface area contributed by atoms with Crippen molar-refractivity contribution in [2.45, 2.75) is 19.4 Å². The topological polar surface area (TPSA) is 72.7 Å². The molecule has 1 amide bonds. The Bertz CT molecular complexity index is 700. The molecule has 1 atom stereocenters. The Hall–Kier alpha value is -2.41. The van der Waals surface area contributed by atoms with E-state index < -0.39 is 10.8 Å². The maximum Gasteiger partial charge on any atom is 0.323 e. The molecule has 7 heteroatoms. The molecule has 1 aromatic heterocycles. The first-order chi connectivity index (χ1) is 11.0. The fraction of sp³-hybridized carbons (Fsp3) is 0.312. The fourth-order valence-electron chi connectivity index (χ4n) is 2.32. The lowest BCUT2D eigenvalue weighted by molar-refractivity contribution is -0.386. The van der Waals surface area contributed by atoms with E-state index in [2.05, 4.69) is 0 Å². The van der Waals surface area contributed by atoms with Crippen LogP contribution in [0.4, 0.5) is 5.69 Å². The van der Waals surface area contributed by atoms with Crippen LogP contribution in [-0.2, 0) is 6.42 Å². The number of amides is 1. The van der Waals surface area contributed by atoms with E-state index in [0.717, 1.165) is 5.56 Å². The summed E-state index contributed by atoms with van der Waals surface area (Å²) in [6.07, 6.45) is 0.698. The molecule has 0 aliphatic rings. The zero-order valence-electron chi connectivity index (χ0n) is 13.2. The van der Waals surface area contributed by atoms with Gasteiger partial charge in [0.2, 0.25) is 0 Å². The highest BCUT2D eigenvalue weighted by molar-refractivity contribution is 7.07. The highest BCUT2D eigenvalue weighted by atomic mass is 32.1. The van der Waals surface area contributed by atoms with Gasteiger partial charge in [0, 0.05) is 13.1 Å². The standard InChI is InChI=1S/C16H18N2O4S/c1-11(9-12-7-8-23-10-12)17(2)16(19)13-5-4-6-14(22-3)15(13)18(20)21/h4-8,10-11H,9H2,1-3H3/t11-/m0/s1. The summed E-state index contributed by atoms with van der Waals surface area (Å²) in [5, 5.41) is 15.3. The molecule has 0 saturated heterocycles. The largest absolute Gasteiger partial charge is 0.490 e. The third-order valence-corrected chi connectivity index (χ3v) is 4.46. The van der Waals surface area contributed by atoms with Crippen LogP contribution in [0.2, 0.25) is 0 Å². The zero-order valence-corrected chi connectivity index (χ0v) is 14.0. The van der Waals surface area contributed by atoms with Gasteiger partial charge in [0.1, 0.15) is 5.56 Å². The lowest BCUT2D eigenvalue weighted by Gasteiger charge is -2.25. The molecule has 1 heterocycles. The number of hydrogen-bond acceptors (Lipinski definition) is 5. The van der Waals surface area contributed by atoms with Crippen molar-refractivity contribution in [3.63, 3.8) is 0 Å². The van der Waals surface area contributed by atoms with E-state index in [4.69, 9.17) is 4.74 Å². The molecular weight excluding hydrogens is 316 g/mol. The molecule has 0 spiro atoms. The van der Waals surface area contributed by atoms with Gasteiger partial charge in [-0.3, -0.25) is 14.9 Å². The molecule has 0 saturated carbocycles. The van der Waals surface area contributed by atoms with Crippen molar-refractivity contribution >= 4 is 22.9 Å². The predicted molar refractivity (Wildman–Crippen MR) is 89.2 cm³/mol. The minimum Gasteiger partial charge on any atom is -0.490 e. The first-order valence-electron chi connectivity index (χ1n) is 7.05. The SMILES string of the molecule is COc1cccc(C(=O)N(C)[C@@H](C)Cc2ccsc2)c1[N+](=O)[O-]. The summed E-state index contributed by atoms with van der Waals surface area (Å²) in [6.45, 7) is 1.92. The van der Waals surface area contributed by atoms with Gasteiger partial charge in [-0.2, -0.15) is 11.3 Å². The lowest BCUT2D eigenvalue weighted by Crippen LogP contribution is -2.36. The third kappa shape index (κ3) is 3.68. The van der Waals surface area contributed by atoms with Gasteiger partial charge in [-0.05, 0) is 47.9 Å². The van der Waals surface area contributed by atoms with Gasteiger partial charge < -0.3 is 9.64 Å². The molecule has 2 rings (SSSR count). The molecule has 0 fully saturated rings. The van der Waals surface area contributed by atoms with E-state index in [1.165, 1.54) is 24.1 Å². The molecule has 0 unspecified atom stereocenters. The number of likely N-dealkylation sites (N-methyl/N-ethyl adjacent to an activating group) is 1. The number of para-hydroxylation sites is 1. The average Bonchev–Trinajstić information content (AvgIpc) is 3.05. The summed E-state index contributed by atoms with van der Waals surface area (Å²) in [7, 11) is 3.00. The van der Waals surface area contributed by atoms with Crippen molar-refractivity contribution in [3.8, 4) is 5.75 Å².